The Kier molecular flexibility index (Phi) is 5.77. The zero-order valence-electron chi connectivity index (χ0n) is 15.9. The second-order valence-corrected chi connectivity index (χ2v) is 6.31. The molecule has 1 aliphatic heterocycles. The van der Waals surface area contributed by atoms with E-state index in [9.17, 15) is 19.2 Å². The highest BCUT2D eigenvalue weighted by Crippen LogP contribution is 2.26. The highest BCUT2D eigenvalue weighted by molar-refractivity contribution is 6.11. The normalized spacial score (nSPS) is 15.3. The third-order valence-electron chi connectivity index (χ3n) is 4.40. The summed E-state index contributed by atoms with van der Waals surface area (Å²) in [6.45, 7) is 0. The summed E-state index contributed by atoms with van der Waals surface area (Å²) in [5.74, 6) is -1.44. The van der Waals surface area contributed by atoms with Gasteiger partial charge in [-0.3, -0.25) is 19.2 Å². The summed E-state index contributed by atoms with van der Waals surface area (Å²) in [6.07, 6.45) is -0.293. The van der Waals surface area contributed by atoms with Gasteiger partial charge in [-0.15, -0.1) is 0 Å². The minimum atomic E-state index is -1.05. The topological polar surface area (TPSA) is 126 Å². The molecule has 9 heteroatoms. The molecule has 3 rings (SSSR count). The number of benzene rings is 2. The first-order valence-corrected chi connectivity index (χ1v) is 8.83. The predicted molar refractivity (Wildman–Crippen MR) is 106 cm³/mol. The van der Waals surface area contributed by atoms with Gasteiger partial charge in [-0.1, -0.05) is 12.1 Å². The van der Waals surface area contributed by atoms with Gasteiger partial charge in [-0.2, -0.15) is 0 Å². The number of carbonyl (C=O) groups excluding carboxylic acids is 4. The van der Waals surface area contributed by atoms with E-state index in [1.54, 1.807) is 36.4 Å². The van der Waals surface area contributed by atoms with E-state index in [2.05, 4.69) is 21.3 Å². The molecule has 4 amide bonds. The average Bonchev–Trinajstić information content (AvgIpc) is 2.83. The predicted octanol–water partition coefficient (Wildman–Crippen LogP) is 1.13. The quantitative estimate of drug-likeness (QED) is 0.603. The first-order valence-electron chi connectivity index (χ1n) is 8.83. The molecular formula is C20H20N4O5. The molecule has 2 aromatic carbocycles. The molecule has 0 saturated carbocycles. The molecule has 2 aromatic rings. The maximum absolute atomic E-state index is 12.5. The smallest absolute Gasteiger partial charge is 0.254 e. The molecule has 9 nitrogen and oxygen atoms in total. The number of fused-ring (bicyclic) bond motifs is 1. The van der Waals surface area contributed by atoms with Crippen molar-refractivity contribution in [2.45, 2.75) is 12.5 Å². The lowest BCUT2D eigenvalue weighted by molar-refractivity contribution is -0.122. The molecule has 1 heterocycles. The van der Waals surface area contributed by atoms with E-state index in [4.69, 9.17) is 4.74 Å². The maximum atomic E-state index is 12.5. The molecule has 1 atom stereocenters. The number of amides is 4. The van der Waals surface area contributed by atoms with E-state index in [1.165, 1.54) is 20.2 Å². The van der Waals surface area contributed by atoms with Crippen LogP contribution in [0.25, 0.3) is 0 Å². The largest absolute Gasteiger partial charge is 0.495 e. The minimum Gasteiger partial charge on any atom is -0.495 e. The van der Waals surface area contributed by atoms with Crippen LogP contribution < -0.4 is 26.0 Å². The van der Waals surface area contributed by atoms with Crippen molar-refractivity contribution in [1.29, 1.82) is 0 Å². The van der Waals surface area contributed by atoms with Gasteiger partial charge in [0, 0.05) is 12.6 Å². The fourth-order valence-electron chi connectivity index (χ4n) is 2.93. The summed E-state index contributed by atoms with van der Waals surface area (Å²) in [5, 5.41) is 10.3. The van der Waals surface area contributed by atoms with Gasteiger partial charge in [0.05, 0.1) is 30.5 Å². The first-order chi connectivity index (χ1) is 13.9. The van der Waals surface area contributed by atoms with Gasteiger partial charge < -0.3 is 26.0 Å². The molecule has 150 valence electrons. The molecule has 0 aliphatic carbocycles. The molecule has 4 N–H and O–H groups in total. The highest BCUT2D eigenvalue weighted by atomic mass is 16.5. The summed E-state index contributed by atoms with van der Waals surface area (Å²) in [5.41, 5.74) is 1.32. The van der Waals surface area contributed by atoms with Crippen LogP contribution >= 0.6 is 0 Å². The number of methoxy groups -OCH3 is 1. The molecule has 29 heavy (non-hydrogen) atoms. The van der Waals surface area contributed by atoms with E-state index >= 15 is 0 Å². The molecule has 1 aliphatic rings. The van der Waals surface area contributed by atoms with E-state index in [0.29, 0.717) is 22.6 Å². The fraction of sp³-hybridized carbons (Fsp3) is 0.200. The van der Waals surface area contributed by atoms with Crippen molar-refractivity contribution in [3.63, 3.8) is 0 Å². The Labute approximate surface area is 166 Å². The fourth-order valence-corrected chi connectivity index (χ4v) is 2.93. The van der Waals surface area contributed by atoms with Crippen LogP contribution in [-0.2, 0) is 9.59 Å². The van der Waals surface area contributed by atoms with Crippen LogP contribution in [0.3, 0.4) is 0 Å². The van der Waals surface area contributed by atoms with Crippen molar-refractivity contribution in [2.75, 3.05) is 24.8 Å². The molecular weight excluding hydrogens is 376 g/mol. The van der Waals surface area contributed by atoms with Crippen molar-refractivity contribution in [1.82, 2.24) is 10.6 Å². The number of hydrogen-bond donors (Lipinski definition) is 4. The van der Waals surface area contributed by atoms with E-state index in [0.717, 1.165) is 0 Å². The van der Waals surface area contributed by atoms with Crippen LogP contribution in [0.5, 0.6) is 5.75 Å². The van der Waals surface area contributed by atoms with Crippen LogP contribution in [0.2, 0.25) is 0 Å². The monoisotopic (exact) mass is 396 g/mol. The SMILES string of the molecule is CNC(=O)c1ccc(OC)c(NC(=O)C[C@@H]2NC(=O)c3ccccc3NC2=O)c1. The van der Waals surface area contributed by atoms with Crippen molar-refractivity contribution >= 4 is 35.0 Å². The number of hydrogen-bond acceptors (Lipinski definition) is 5. The Morgan fingerprint density at radius 1 is 1.14 bits per heavy atom. The lowest BCUT2D eigenvalue weighted by atomic mass is 10.1. The Morgan fingerprint density at radius 3 is 2.62 bits per heavy atom. The van der Waals surface area contributed by atoms with Crippen LogP contribution in [0.1, 0.15) is 27.1 Å². The Balaban J connectivity index is 1.75. The number of anilines is 2. The zero-order chi connectivity index (χ0) is 21.0. The zero-order valence-corrected chi connectivity index (χ0v) is 15.9. The molecule has 0 unspecified atom stereocenters. The first kappa shape index (κ1) is 19.9. The van der Waals surface area contributed by atoms with E-state index in [1.807, 2.05) is 0 Å². The van der Waals surface area contributed by atoms with Crippen molar-refractivity contribution < 1.29 is 23.9 Å². The summed E-state index contributed by atoms with van der Waals surface area (Å²) < 4.78 is 5.21. The van der Waals surface area contributed by atoms with E-state index in [-0.39, 0.29) is 18.0 Å². The number of ether oxygens (including phenoxy) is 1. The second-order valence-electron chi connectivity index (χ2n) is 6.31. The molecule has 0 spiro atoms. The number of carbonyl (C=O) groups is 4. The summed E-state index contributed by atoms with van der Waals surface area (Å²) in [7, 11) is 2.93. The van der Waals surface area contributed by atoms with Gasteiger partial charge in [0.1, 0.15) is 11.8 Å². The molecule has 0 bridgehead atoms. The van der Waals surface area contributed by atoms with Crippen LogP contribution in [0.4, 0.5) is 11.4 Å². The minimum absolute atomic E-state index is 0.280. The van der Waals surface area contributed by atoms with Gasteiger partial charge in [0.2, 0.25) is 11.8 Å². The van der Waals surface area contributed by atoms with Crippen molar-refractivity contribution in [2.24, 2.45) is 0 Å². The summed E-state index contributed by atoms with van der Waals surface area (Å²) >= 11 is 0. The maximum Gasteiger partial charge on any atom is 0.254 e. The molecule has 0 radical (unpaired) electrons. The van der Waals surface area contributed by atoms with Gasteiger partial charge >= 0.3 is 0 Å². The van der Waals surface area contributed by atoms with Gasteiger partial charge in [0.15, 0.2) is 0 Å². The van der Waals surface area contributed by atoms with Gasteiger partial charge in [0.25, 0.3) is 11.8 Å². The Hall–Kier alpha value is -3.88. The van der Waals surface area contributed by atoms with Gasteiger partial charge in [-0.05, 0) is 30.3 Å². The van der Waals surface area contributed by atoms with Gasteiger partial charge in [-0.25, -0.2) is 0 Å². The standard InChI is InChI=1S/C20H20N4O5/c1-21-18(26)11-7-8-16(29-2)14(9-11)22-17(25)10-15-20(28)23-13-6-4-3-5-12(13)19(27)24-15/h3-9,15H,10H2,1-2H3,(H,21,26)(H,22,25)(H,23,28)(H,24,27)/t15-/m0/s1. The third kappa shape index (κ3) is 4.34. The molecule has 0 fully saturated rings. The lowest BCUT2D eigenvalue weighted by Crippen LogP contribution is -2.43. The Morgan fingerprint density at radius 2 is 1.90 bits per heavy atom. The van der Waals surface area contributed by atoms with Crippen LogP contribution in [0, 0.1) is 0 Å². The molecule has 0 aromatic heterocycles. The molecule has 0 saturated heterocycles. The summed E-state index contributed by atoms with van der Waals surface area (Å²) in [6, 6.07) is 10.1. The number of nitrogens with one attached hydrogen (secondary N) is 4. The average molecular weight is 396 g/mol. The second kappa shape index (κ2) is 8.42. The number of rotatable bonds is 5. The van der Waals surface area contributed by atoms with Crippen LogP contribution in [0.15, 0.2) is 42.5 Å². The third-order valence-corrected chi connectivity index (χ3v) is 4.40. The summed E-state index contributed by atoms with van der Waals surface area (Å²) in [4.78, 5) is 49.2. The van der Waals surface area contributed by atoms with E-state index < -0.39 is 23.8 Å². The van der Waals surface area contributed by atoms with Crippen molar-refractivity contribution in [3.05, 3.63) is 53.6 Å². The van der Waals surface area contributed by atoms with Crippen LogP contribution in [-0.4, -0.2) is 43.8 Å². The highest BCUT2D eigenvalue weighted by Gasteiger charge is 2.29. The number of para-hydroxylation sites is 1. The van der Waals surface area contributed by atoms with Crippen molar-refractivity contribution in [3.8, 4) is 5.75 Å². The lowest BCUT2D eigenvalue weighted by Gasteiger charge is -2.16. The Bertz CT molecular complexity index is 989.